The number of carbonyl (C=O) groups is 1. The second-order valence-electron chi connectivity index (χ2n) is 5.16. The highest BCUT2D eigenvalue weighted by Crippen LogP contribution is 2.38. The smallest absolute Gasteiger partial charge is 0.341 e. The summed E-state index contributed by atoms with van der Waals surface area (Å²) >= 11 is 0. The van der Waals surface area contributed by atoms with Gasteiger partial charge in [0.2, 0.25) is 0 Å². The Bertz CT molecular complexity index is 467. The Morgan fingerprint density at radius 2 is 2.00 bits per heavy atom. The lowest BCUT2D eigenvalue weighted by molar-refractivity contribution is -0.451. The second kappa shape index (κ2) is 4.37. The van der Waals surface area contributed by atoms with Crippen LogP contribution in [0.25, 0.3) is 0 Å². The van der Waals surface area contributed by atoms with Crippen LogP contribution < -0.4 is 0 Å². The third-order valence-electron chi connectivity index (χ3n) is 3.20. The fourth-order valence-electron chi connectivity index (χ4n) is 1.66. The monoisotopic (exact) mass is 250 g/mol. The van der Waals surface area contributed by atoms with Gasteiger partial charge in [-0.15, -0.1) is 0 Å². The number of esters is 1. The average molecular weight is 250 g/mol. The zero-order chi connectivity index (χ0) is 13.4. The highest BCUT2D eigenvalue weighted by Gasteiger charge is 2.44. The van der Waals surface area contributed by atoms with E-state index in [0.29, 0.717) is 11.1 Å². The molecule has 1 atom stereocenters. The Hall–Kier alpha value is -1.39. The topological polar surface area (TPSA) is 44.8 Å². The molecule has 0 aliphatic carbocycles. The van der Waals surface area contributed by atoms with Crippen molar-refractivity contribution >= 4 is 5.97 Å². The Labute approximate surface area is 107 Å². The predicted molar refractivity (Wildman–Crippen MR) is 65.7 cm³/mol. The minimum atomic E-state index is -1.17. The van der Waals surface area contributed by atoms with Gasteiger partial charge in [0, 0.05) is 12.5 Å². The van der Waals surface area contributed by atoms with Crippen LogP contribution in [0.1, 0.15) is 50.0 Å². The number of benzene rings is 1. The quantitative estimate of drug-likeness (QED) is 0.468. The molecule has 1 aromatic carbocycles. The zero-order valence-corrected chi connectivity index (χ0v) is 11.1. The van der Waals surface area contributed by atoms with Gasteiger partial charge in [-0.1, -0.05) is 25.1 Å². The van der Waals surface area contributed by atoms with Crippen LogP contribution >= 0.6 is 0 Å². The van der Waals surface area contributed by atoms with Crippen molar-refractivity contribution in [3.8, 4) is 0 Å². The molecule has 0 saturated carbocycles. The number of hydrogen-bond donors (Lipinski definition) is 0. The molecule has 98 valence electrons. The number of rotatable bonds is 4. The molecule has 0 aromatic heterocycles. The molecule has 2 rings (SSSR count). The van der Waals surface area contributed by atoms with Gasteiger partial charge >= 0.3 is 5.97 Å². The maximum Gasteiger partial charge on any atom is 0.341 e. The molecule has 0 spiro atoms. The molecular formula is C14H18O4. The van der Waals surface area contributed by atoms with Crippen LogP contribution in [0.2, 0.25) is 0 Å². The summed E-state index contributed by atoms with van der Waals surface area (Å²) in [4.78, 5) is 22.5. The fourth-order valence-corrected chi connectivity index (χ4v) is 1.66. The molecule has 1 unspecified atom stereocenters. The molecule has 1 aliphatic heterocycles. The van der Waals surface area contributed by atoms with E-state index in [4.69, 9.17) is 14.5 Å². The molecule has 1 heterocycles. The van der Waals surface area contributed by atoms with Gasteiger partial charge in [0.1, 0.15) is 0 Å². The molecule has 0 N–H and O–H groups in total. The van der Waals surface area contributed by atoms with E-state index < -0.39 is 11.4 Å². The molecule has 4 heteroatoms. The van der Waals surface area contributed by atoms with Crippen molar-refractivity contribution in [2.45, 2.75) is 45.5 Å². The zero-order valence-electron chi connectivity index (χ0n) is 11.1. The summed E-state index contributed by atoms with van der Waals surface area (Å²) in [5, 5.41) is 0. The van der Waals surface area contributed by atoms with Gasteiger partial charge < -0.3 is 4.74 Å². The van der Waals surface area contributed by atoms with Gasteiger partial charge in [0.05, 0.1) is 11.2 Å². The molecule has 18 heavy (non-hydrogen) atoms. The van der Waals surface area contributed by atoms with Crippen LogP contribution in [0.5, 0.6) is 0 Å². The molecule has 1 aliphatic rings. The first kappa shape index (κ1) is 13.1. The van der Waals surface area contributed by atoms with Crippen LogP contribution in [0, 0.1) is 0 Å². The van der Waals surface area contributed by atoms with Crippen molar-refractivity contribution in [1.82, 2.24) is 0 Å². The Balaban J connectivity index is 2.21. The summed E-state index contributed by atoms with van der Waals surface area (Å²) < 4.78 is 5.27. The summed E-state index contributed by atoms with van der Waals surface area (Å²) in [5.74, 6) is -1.55. The summed E-state index contributed by atoms with van der Waals surface area (Å²) in [6.07, 6.45) is 0.790. The summed E-state index contributed by atoms with van der Waals surface area (Å²) in [7, 11) is 0. The second-order valence-corrected chi connectivity index (χ2v) is 5.16. The molecule has 0 radical (unpaired) electrons. The number of cyclic esters (lactones) is 1. The van der Waals surface area contributed by atoms with Gasteiger partial charge in [-0.25, -0.2) is 9.68 Å². The van der Waals surface area contributed by atoms with Crippen molar-refractivity contribution in [2.75, 3.05) is 0 Å². The molecule has 1 aromatic rings. The first-order chi connectivity index (χ1) is 8.38. The molecule has 0 amide bonds. The SMILES string of the molecule is CCC(C)(C)OOC1(C)OC(=O)c2ccccc21. The fraction of sp³-hybridized carbons (Fsp3) is 0.500. The number of hydrogen-bond acceptors (Lipinski definition) is 4. The van der Waals surface area contributed by atoms with E-state index in [9.17, 15) is 4.79 Å². The highest BCUT2D eigenvalue weighted by atomic mass is 17.2. The third-order valence-corrected chi connectivity index (χ3v) is 3.20. The standard InChI is InChI=1S/C14H18O4/c1-5-13(2,3)17-18-14(4)11-9-7-6-8-10(11)12(15)16-14/h6-9H,5H2,1-4H3. The lowest BCUT2D eigenvalue weighted by atomic mass is 10.0. The predicted octanol–water partition coefficient (Wildman–Crippen LogP) is 3.17. The maximum atomic E-state index is 11.7. The van der Waals surface area contributed by atoms with Crippen molar-refractivity contribution in [3.63, 3.8) is 0 Å². The number of ether oxygens (including phenoxy) is 1. The summed E-state index contributed by atoms with van der Waals surface area (Å²) in [6.45, 7) is 7.51. The minimum Gasteiger partial charge on any atom is -0.423 e. The average Bonchev–Trinajstić information content (AvgIpc) is 2.61. The molecule has 0 saturated heterocycles. The van der Waals surface area contributed by atoms with E-state index in [1.165, 1.54) is 0 Å². The number of carbonyl (C=O) groups excluding carboxylic acids is 1. The first-order valence-electron chi connectivity index (χ1n) is 6.08. The van der Waals surface area contributed by atoms with Crippen molar-refractivity contribution in [3.05, 3.63) is 35.4 Å². The Morgan fingerprint density at radius 1 is 1.33 bits per heavy atom. The van der Waals surface area contributed by atoms with Crippen molar-refractivity contribution in [1.29, 1.82) is 0 Å². The van der Waals surface area contributed by atoms with Gasteiger partial charge in [0.15, 0.2) is 0 Å². The largest absolute Gasteiger partial charge is 0.423 e. The molecule has 0 fully saturated rings. The van der Waals surface area contributed by atoms with Crippen molar-refractivity contribution in [2.24, 2.45) is 0 Å². The van der Waals surface area contributed by atoms with E-state index >= 15 is 0 Å². The lowest BCUT2D eigenvalue weighted by Gasteiger charge is -2.29. The van der Waals surface area contributed by atoms with E-state index in [0.717, 1.165) is 6.42 Å². The van der Waals surface area contributed by atoms with E-state index in [1.807, 2.05) is 32.9 Å². The molecule has 0 bridgehead atoms. The van der Waals surface area contributed by atoms with Gasteiger partial charge in [-0.05, 0) is 26.3 Å². The lowest BCUT2D eigenvalue weighted by Crippen LogP contribution is -2.32. The molecule has 4 nitrogen and oxygen atoms in total. The normalized spacial score (nSPS) is 22.8. The third kappa shape index (κ3) is 2.26. The van der Waals surface area contributed by atoms with Crippen LogP contribution in [0.4, 0.5) is 0 Å². The first-order valence-corrected chi connectivity index (χ1v) is 6.08. The van der Waals surface area contributed by atoms with E-state index in [1.54, 1.807) is 19.1 Å². The highest BCUT2D eigenvalue weighted by molar-refractivity contribution is 5.94. The Morgan fingerprint density at radius 3 is 2.67 bits per heavy atom. The maximum absolute atomic E-state index is 11.7. The van der Waals surface area contributed by atoms with Gasteiger partial charge in [-0.3, -0.25) is 0 Å². The van der Waals surface area contributed by atoms with Crippen LogP contribution in [0.15, 0.2) is 24.3 Å². The van der Waals surface area contributed by atoms with Gasteiger partial charge in [0.25, 0.3) is 5.79 Å². The Kier molecular flexibility index (Phi) is 3.17. The van der Waals surface area contributed by atoms with Crippen molar-refractivity contribution < 1.29 is 19.3 Å². The summed E-state index contributed by atoms with van der Waals surface area (Å²) in [6, 6.07) is 7.16. The van der Waals surface area contributed by atoms with Crippen LogP contribution in [-0.4, -0.2) is 11.6 Å². The van der Waals surface area contributed by atoms with E-state index in [-0.39, 0.29) is 5.97 Å². The van der Waals surface area contributed by atoms with Crippen LogP contribution in [0.3, 0.4) is 0 Å². The van der Waals surface area contributed by atoms with E-state index in [2.05, 4.69) is 0 Å². The van der Waals surface area contributed by atoms with Crippen LogP contribution in [-0.2, 0) is 20.3 Å². The van der Waals surface area contributed by atoms with Gasteiger partial charge in [-0.2, -0.15) is 4.89 Å². The number of fused-ring (bicyclic) bond motifs is 1. The molecular weight excluding hydrogens is 232 g/mol. The summed E-state index contributed by atoms with van der Waals surface area (Å²) in [5.41, 5.74) is 0.798. The minimum absolute atomic E-state index is 0.383.